The predicted octanol–water partition coefficient (Wildman–Crippen LogP) is 4.28. The highest BCUT2D eigenvalue weighted by atomic mass is 16.5. The van der Waals surface area contributed by atoms with Crippen LogP contribution in [-0.4, -0.2) is 80.6 Å². The molecule has 5 rings (SSSR count). The second-order valence-corrected chi connectivity index (χ2v) is 13.6. The molecule has 3 N–H and O–H groups in total. The van der Waals surface area contributed by atoms with E-state index in [-0.39, 0.29) is 43.7 Å². The fraction of sp³-hybridized carbons (Fsp3) is 0.463. The van der Waals surface area contributed by atoms with Crippen LogP contribution in [0.3, 0.4) is 0 Å². The summed E-state index contributed by atoms with van der Waals surface area (Å²) in [6.07, 6.45) is 3.89. The summed E-state index contributed by atoms with van der Waals surface area (Å²) < 4.78 is 17.3. The van der Waals surface area contributed by atoms with Crippen LogP contribution in [0.25, 0.3) is 0 Å². The summed E-state index contributed by atoms with van der Waals surface area (Å²) >= 11 is 0. The van der Waals surface area contributed by atoms with Gasteiger partial charge in [0, 0.05) is 26.1 Å². The van der Waals surface area contributed by atoms with Gasteiger partial charge >= 0.3 is 0 Å². The summed E-state index contributed by atoms with van der Waals surface area (Å²) in [6.45, 7) is 4.42. The smallest absolute Gasteiger partial charge is 0.243 e. The van der Waals surface area contributed by atoms with E-state index in [0.29, 0.717) is 45.6 Å². The lowest BCUT2D eigenvalue weighted by Crippen LogP contribution is -2.55. The van der Waals surface area contributed by atoms with E-state index in [2.05, 4.69) is 16.0 Å². The number of rotatable bonds is 11. The van der Waals surface area contributed by atoms with Gasteiger partial charge in [-0.2, -0.15) is 0 Å². The summed E-state index contributed by atoms with van der Waals surface area (Å²) in [4.78, 5) is 56.4. The molecule has 1 unspecified atom stereocenters. The minimum absolute atomic E-state index is 0.00597. The average molecular weight is 713 g/mol. The van der Waals surface area contributed by atoms with Gasteiger partial charge in [-0.15, -0.1) is 0 Å². The van der Waals surface area contributed by atoms with Crippen LogP contribution in [0.5, 0.6) is 11.5 Å². The molecule has 0 aliphatic carbocycles. The maximum atomic E-state index is 14.0. The molecule has 4 bridgehead atoms. The van der Waals surface area contributed by atoms with Crippen LogP contribution in [0.15, 0.2) is 72.8 Å². The van der Waals surface area contributed by atoms with Crippen molar-refractivity contribution < 1.29 is 33.4 Å². The van der Waals surface area contributed by atoms with Crippen molar-refractivity contribution in [1.29, 1.82) is 0 Å². The molecule has 11 heteroatoms. The van der Waals surface area contributed by atoms with Gasteiger partial charge in [0.1, 0.15) is 23.6 Å². The SMILES string of the molecule is COc1ccccc1CCOCCC(=O)N[C@H]1CC(=O)N2CCCC(CCOc3ccc(C)c(c3)CNC(=O)[C@H](CCc3ccccc3)NC1=O)C2. The van der Waals surface area contributed by atoms with Crippen molar-refractivity contribution >= 4 is 23.6 Å². The summed E-state index contributed by atoms with van der Waals surface area (Å²) in [7, 11) is 1.62. The molecule has 2 aliphatic rings. The molecule has 3 aromatic carbocycles. The van der Waals surface area contributed by atoms with E-state index in [1.54, 1.807) is 12.0 Å². The monoisotopic (exact) mass is 712 g/mol. The van der Waals surface area contributed by atoms with Crippen molar-refractivity contribution in [3.8, 4) is 11.5 Å². The summed E-state index contributed by atoms with van der Waals surface area (Å²) in [5.41, 5.74) is 3.96. The van der Waals surface area contributed by atoms with Gasteiger partial charge in [0.15, 0.2) is 0 Å². The molecule has 1 saturated heterocycles. The van der Waals surface area contributed by atoms with Gasteiger partial charge in [0.25, 0.3) is 0 Å². The number of methoxy groups -OCH3 is 1. The first-order valence-electron chi connectivity index (χ1n) is 18.4. The second kappa shape index (κ2) is 19.6. The first-order valence-corrected chi connectivity index (χ1v) is 18.4. The van der Waals surface area contributed by atoms with Gasteiger partial charge in [-0.1, -0.05) is 54.6 Å². The Morgan fingerprint density at radius 3 is 2.60 bits per heavy atom. The third-order valence-corrected chi connectivity index (χ3v) is 9.85. The van der Waals surface area contributed by atoms with Crippen LogP contribution in [0.1, 0.15) is 60.8 Å². The van der Waals surface area contributed by atoms with Gasteiger partial charge in [-0.05, 0) is 91.8 Å². The van der Waals surface area contributed by atoms with E-state index in [1.807, 2.05) is 79.7 Å². The van der Waals surface area contributed by atoms with Gasteiger partial charge in [0.05, 0.1) is 33.4 Å². The van der Waals surface area contributed by atoms with Crippen LogP contribution in [0.2, 0.25) is 0 Å². The molecule has 0 aromatic heterocycles. The molecule has 2 aliphatic heterocycles. The Kier molecular flexibility index (Phi) is 14.5. The van der Waals surface area contributed by atoms with E-state index in [4.69, 9.17) is 14.2 Å². The topological polar surface area (TPSA) is 135 Å². The van der Waals surface area contributed by atoms with Crippen LogP contribution in [-0.2, 0) is 43.3 Å². The molecule has 11 nitrogen and oxygen atoms in total. The normalized spacial score (nSPS) is 20.1. The summed E-state index contributed by atoms with van der Waals surface area (Å²) in [5.74, 6) is 0.213. The molecule has 1 fully saturated rings. The Hall–Kier alpha value is -4.90. The van der Waals surface area contributed by atoms with Crippen LogP contribution >= 0.6 is 0 Å². The van der Waals surface area contributed by atoms with E-state index in [1.165, 1.54) is 0 Å². The quantitative estimate of drug-likeness (QED) is 0.253. The molecular formula is C41H52N4O7. The third kappa shape index (κ3) is 11.6. The Bertz CT molecular complexity index is 1650. The zero-order valence-corrected chi connectivity index (χ0v) is 30.4. The van der Waals surface area contributed by atoms with E-state index < -0.39 is 23.9 Å². The Morgan fingerprint density at radius 2 is 1.77 bits per heavy atom. The molecule has 3 atom stereocenters. The van der Waals surface area contributed by atoms with Crippen molar-refractivity contribution in [2.45, 2.75) is 76.9 Å². The number of nitrogens with one attached hydrogen (secondary N) is 3. The van der Waals surface area contributed by atoms with Crippen molar-refractivity contribution in [3.63, 3.8) is 0 Å². The lowest BCUT2D eigenvalue weighted by molar-refractivity contribution is -0.138. The average Bonchev–Trinajstić information content (AvgIpc) is 3.16. The van der Waals surface area contributed by atoms with E-state index in [0.717, 1.165) is 53.0 Å². The lowest BCUT2D eigenvalue weighted by Gasteiger charge is -2.34. The fourth-order valence-corrected chi connectivity index (χ4v) is 6.74. The maximum absolute atomic E-state index is 14.0. The van der Waals surface area contributed by atoms with Gasteiger partial charge in [-0.25, -0.2) is 0 Å². The Balaban J connectivity index is 1.29. The first kappa shape index (κ1) is 38.3. The third-order valence-electron chi connectivity index (χ3n) is 9.85. The lowest BCUT2D eigenvalue weighted by atomic mass is 9.94. The van der Waals surface area contributed by atoms with Crippen LogP contribution in [0.4, 0.5) is 0 Å². The van der Waals surface area contributed by atoms with Crippen LogP contribution in [0, 0.1) is 12.8 Å². The molecule has 2 heterocycles. The zero-order chi connectivity index (χ0) is 36.7. The number of hydrogen-bond donors (Lipinski definition) is 3. The minimum atomic E-state index is -1.16. The molecule has 52 heavy (non-hydrogen) atoms. The van der Waals surface area contributed by atoms with Gasteiger partial charge in [-0.3, -0.25) is 19.2 Å². The summed E-state index contributed by atoms with van der Waals surface area (Å²) in [5, 5.41) is 8.69. The number of para-hydroxylation sites is 1. The molecule has 278 valence electrons. The summed E-state index contributed by atoms with van der Waals surface area (Å²) in [6, 6.07) is 21.2. The largest absolute Gasteiger partial charge is 0.496 e. The van der Waals surface area contributed by atoms with Crippen molar-refractivity contribution in [2.75, 3.05) is 40.0 Å². The molecule has 4 amide bonds. The number of carbonyl (C=O) groups is 4. The molecular weight excluding hydrogens is 660 g/mol. The van der Waals surface area contributed by atoms with E-state index >= 15 is 0 Å². The number of nitrogens with zero attached hydrogens (tertiary/aromatic N) is 1. The number of benzene rings is 3. The molecule has 3 aromatic rings. The number of hydrogen-bond acceptors (Lipinski definition) is 7. The first-order chi connectivity index (χ1) is 25.3. The van der Waals surface area contributed by atoms with Crippen LogP contribution < -0.4 is 25.4 Å². The number of piperidine rings is 1. The van der Waals surface area contributed by atoms with Gasteiger partial charge in [0.2, 0.25) is 23.6 Å². The van der Waals surface area contributed by atoms with Gasteiger partial charge < -0.3 is 35.1 Å². The fourth-order valence-electron chi connectivity index (χ4n) is 6.74. The zero-order valence-electron chi connectivity index (χ0n) is 30.4. The number of ether oxygens (including phenoxy) is 3. The molecule has 0 radical (unpaired) electrons. The Morgan fingerprint density at radius 1 is 0.962 bits per heavy atom. The second-order valence-electron chi connectivity index (χ2n) is 13.6. The maximum Gasteiger partial charge on any atom is 0.243 e. The molecule has 0 spiro atoms. The molecule has 0 saturated carbocycles. The predicted molar refractivity (Wildman–Crippen MR) is 198 cm³/mol. The highest BCUT2D eigenvalue weighted by Gasteiger charge is 2.32. The van der Waals surface area contributed by atoms with Crippen molar-refractivity contribution in [3.05, 3.63) is 95.1 Å². The standard InChI is InChI=1S/C41H52N4O7/c1-29-14-16-34-25-33(29)27-42-40(48)35(17-15-30-9-4-3-5-10-30)44-41(49)36(26-39(47)45-21-8-11-31(28-45)18-24-52-34)43-38(46)20-23-51-22-19-32-12-6-7-13-37(32)50-2/h3-7,9-10,12-14,16,25,31,35-36H,8,11,15,17-24,26-28H2,1-2H3,(H,42,48)(H,43,46)(H,44,49)/t31?,35-,36-/m0/s1. The number of fused-ring (bicyclic) bond motifs is 4. The number of aryl methyl sites for hydroxylation is 2. The van der Waals surface area contributed by atoms with Crippen molar-refractivity contribution in [2.24, 2.45) is 5.92 Å². The highest BCUT2D eigenvalue weighted by Crippen LogP contribution is 2.23. The van der Waals surface area contributed by atoms with E-state index in [9.17, 15) is 19.2 Å². The Labute approximate surface area is 306 Å². The number of carbonyl (C=O) groups excluding carboxylic acids is 4. The number of amides is 4. The van der Waals surface area contributed by atoms with Crippen molar-refractivity contribution in [1.82, 2.24) is 20.9 Å². The highest BCUT2D eigenvalue weighted by molar-refractivity contribution is 5.95. The minimum Gasteiger partial charge on any atom is -0.496 e.